The summed E-state index contributed by atoms with van der Waals surface area (Å²) >= 11 is 0. The number of aliphatic hydroxyl groups is 1. The maximum absolute atomic E-state index is 12.2. The van der Waals surface area contributed by atoms with Gasteiger partial charge in [0.25, 0.3) is 0 Å². The molecule has 1 saturated carbocycles. The molecule has 1 aliphatic carbocycles. The van der Waals surface area contributed by atoms with Gasteiger partial charge in [0.2, 0.25) is 0 Å². The molecule has 3 N–H and O–H groups in total. The minimum atomic E-state index is -0.254. The molecule has 150 valence electrons. The second-order valence-electron chi connectivity index (χ2n) is 8.56. The Hall–Kier alpha value is -1.81. The van der Waals surface area contributed by atoms with Crippen molar-refractivity contribution < 1.29 is 20.1 Å². The van der Waals surface area contributed by atoms with E-state index in [1.165, 1.54) is 5.57 Å². The van der Waals surface area contributed by atoms with Crippen molar-refractivity contribution in [3.05, 3.63) is 34.4 Å². The monoisotopic (exact) mass is 374 g/mol. The SMILES string of the molecule is C/C(=C\Cc1c(O)cc(C)c(CO)c1O)CC[C@@]1(C)[C@H](C)CCC(=O)[C@@H]1C. The predicted molar refractivity (Wildman–Crippen MR) is 108 cm³/mol. The highest BCUT2D eigenvalue weighted by molar-refractivity contribution is 5.82. The molecule has 1 aliphatic rings. The molecule has 0 aliphatic heterocycles. The lowest BCUT2D eigenvalue weighted by Crippen LogP contribution is -2.41. The topological polar surface area (TPSA) is 77.8 Å². The third kappa shape index (κ3) is 4.37. The molecule has 4 nitrogen and oxygen atoms in total. The molecule has 0 amide bonds. The number of Topliss-reactive ketones (excluding diaryl/α,β-unsaturated/α-hetero) is 1. The first-order valence-corrected chi connectivity index (χ1v) is 9.94. The van der Waals surface area contributed by atoms with Crippen LogP contribution >= 0.6 is 0 Å². The number of aliphatic hydroxyl groups excluding tert-OH is 1. The van der Waals surface area contributed by atoms with Gasteiger partial charge in [-0.05, 0) is 62.5 Å². The number of carbonyl (C=O) groups excluding carboxylic acids is 1. The summed E-state index contributed by atoms with van der Waals surface area (Å²) in [7, 11) is 0. The van der Waals surface area contributed by atoms with Crippen molar-refractivity contribution in [1.82, 2.24) is 0 Å². The van der Waals surface area contributed by atoms with Gasteiger partial charge in [0.15, 0.2) is 0 Å². The Morgan fingerprint density at radius 2 is 1.96 bits per heavy atom. The summed E-state index contributed by atoms with van der Waals surface area (Å²) in [6.45, 7) is 10.1. The highest BCUT2D eigenvalue weighted by atomic mass is 16.3. The Balaban J connectivity index is 2.10. The minimum Gasteiger partial charge on any atom is -0.508 e. The highest BCUT2D eigenvalue weighted by Gasteiger charge is 2.42. The average Bonchev–Trinajstić information content (AvgIpc) is 2.61. The fourth-order valence-electron chi connectivity index (χ4n) is 4.28. The number of aryl methyl sites for hydroxylation is 1. The zero-order valence-corrected chi connectivity index (χ0v) is 17.3. The molecule has 1 fully saturated rings. The van der Waals surface area contributed by atoms with Gasteiger partial charge < -0.3 is 15.3 Å². The van der Waals surface area contributed by atoms with Crippen LogP contribution in [0.2, 0.25) is 0 Å². The van der Waals surface area contributed by atoms with E-state index in [1.54, 1.807) is 13.0 Å². The first-order valence-electron chi connectivity index (χ1n) is 9.94. The van der Waals surface area contributed by atoms with Crippen LogP contribution in [-0.2, 0) is 17.8 Å². The third-order valence-corrected chi connectivity index (χ3v) is 7.00. The smallest absolute Gasteiger partial charge is 0.136 e. The molecule has 0 heterocycles. The molecule has 0 radical (unpaired) electrons. The summed E-state index contributed by atoms with van der Waals surface area (Å²) in [6, 6.07) is 1.59. The average molecular weight is 375 g/mol. The fourth-order valence-corrected chi connectivity index (χ4v) is 4.28. The van der Waals surface area contributed by atoms with E-state index < -0.39 is 0 Å². The van der Waals surface area contributed by atoms with Crippen LogP contribution in [0.1, 0.15) is 70.1 Å². The molecule has 1 aromatic rings. The second kappa shape index (κ2) is 8.47. The maximum Gasteiger partial charge on any atom is 0.136 e. The van der Waals surface area contributed by atoms with Crippen molar-refractivity contribution in [2.75, 3.05) is 0 Å². The van der Waals surface area contributed by atoms with E-state index in [0.29, 0.717) is 41.2 Å². The van der Waals surface area contributed by atoms with E-state index in [-0.39, 0.29) is 29.4 Å². The number of hydrogen-bond acceptors (Lipinski definition) is 4. The maximum atomic E-state index is 12.2. The van der Waals surface area contributed by atoms with Crippen molar-refractivity contribution in [3.8, 4) is 11.5 Å². The number of phenolic OH excluding ortho intramolecular Hbond substituents is 1. The van der Waals surface area contributed by atoms with E-state index in [0.717, 1.165) is 19.3 Å². The van der Waals surface area contributed by atoms with Gasteiger partial charge in [-0.2, -0.15) is 0 Å². The van der Waals surface area contributed by atoms with Crippen LogP contribution in [0.5, 0.6) is 11.5 Å². The molecule has 3 atom stereocenters. The summed E-state index contributed by atoms with van der Waals surface area (Å²) in [5.74, 6) is 1.02. The van der Waals surface area contributed by atoms with Gasteiger partial charge in [-0.15, -0.1) is 0 Å². The summed E-state index contributed by atoms with van der Waals surface area (Å²) in [5, 5.41) is 30.0. The van der Waals surface area contributed by atoms with E-state index in [9.17, 15) is 20.1 Å². The van der Waals surface area contributed by atoms with Gasteiger partial charge in [-0.3, -0.25) is 4.79 Å². The van der Waals surface area contributed by atoms with Crippen molar-refractivity contribution in [2.45, 2.75) is 73.3 Å². The van der Waals surface area contributed by atoms with Crippen LogP contribution in [0.25, 0.3) is 0 Å². The lowest BCUT2D eigenvalue weighted by atomic mass is 9.59. The van der Waals surface area contributed by atoms with Gasteiger partial charge in [-0.25, -0.2) is 0 Å². The lowest BCUT2D eigenvalue weighted by Gasteiger charge is -2.44. The van der Waals surface area contributed by atoms with Crippen LogP contribution in [-0.4, -0.2) is 21.1 Å². The van der Waals surface area contributed by atoms with Gasteiger partial charge in [-0.1, -0.05) is 32.4 Å². The molecule has 2 rings (SSSR count). The van der Waals surface area contributed by atoms with Gasteiger partial charge in [0.1, 0.15) is 17.3 Å². The Morgan fingerprint density at radius 1 is 1.30 bits per heavy atom. The van der Waals surface area contributed by atoms with Gasteiger partial charge in [0, 0.05) is 23.5 Å². The molecule has 4 heteroatoms. The van der Waals surface area contributed by atoms with Crippen molar-refractivity contribution in [3.63, 3.8) is 0 Å². The number of benzene rings is 1. The van der Waals surface area contributed by atoms with E-state index in [1.807, 2.05) is 6.08 Å². The predicted octanol–water partition coefficient (Wildman–Crippen LogP) is 4.81. The van der Waals surface area contributed by atoms with Gasteiger partial charge >= 0.3 is 0 Å². The zero-order valence-electron chi connectivity index (χ0n) is 17.3. The van der Waals surface area contributed by atoms with E-state index >= 15 is 0 Å². The van der Waals surface area contributed by atoms with Crippen molar-refractivity contribution in [2.24, 2.45) is 17.3 Å². The summed E-state index contributed by atoms with van der Waals surface area (Å²) in [4.78, 5) is 12.2. The summed E-state index contributed by atoms with van der Waals surface area (Å²) < 4.78 is 0. The largest absolute Gasteiger partial charge is 0.508 e. The van der Waals surface area contributed by atoms with Crippen molar-refractivity contribution in [1.29, 1.82) is 0 Å². The highest BCUT2D eigenvalue weighted by Crippen LogP contribution is 2.47. The fraction of sp³-hybridized carbons (Fsp3) is 0.609. The number of rotatable bonds is 6. The Labute approximate surface area is 162 Å². The van der Waals surface area contributed by atoms with Crippen LogP contribution in [0.4, 0.5) is 0 Å². The second-order valence-corrected chi connectivity index (χ2v) is 8.56. The minimum absolute atomic E-state index is 0.0165. The molecular weight excluding hydrogens is 340 g/mol. The Morgan fingerprint density at radius 3 is 2.59 bits per heavy atom. The number of ketones is 1. The molecule has 0 saturated heterocycles. The number of phenols is 2. The standard InChI is InChI=1S/C23H34O4/c1-14(10-11-23(5)16(3)7-9-20(25)17(23)4)6-8-18-21(26)12-15(2)19(13-24)22(18)27/h6,12,16-17,24,26-27H,7-11,13H2,1-5H3/b14-6+/t16-,17+,23+/m1/s1. The molecule has 0 spiro atoms. The Kier molecular flexibility index (Phi) is 6.74. The third-order valence-electron chi connectivity index (χ3n) is 7.00. The lowest BCUT2D eigenvalue weighted by molar-refractivity contribution is -0.132. The summed E-state index contributed by atoms with van der Waals surface area (Å²) in [5.41, 5.74) is 2.78. The molecule has 1 aromatic carbocycles. The van der Waals surface area contributed by atoms with Crippen LogP contribution < -0.4 is 0 Å². The van der Waals surface area contributed by atoms with Gasteiger partial charge in [0.05, 0.1) is 6.61 Å². The van der Waals surface area contributed by atoms with Crippen molar-refractivity contribution >= 4 is 5.78 Å². The quantitative estimate of drug-likeness (QED) is 0.625. The van der Waals surface area contributed by atoms with Crippen LogP contribution in [0, 0.1) is 24.2 Å². The molecule has 0 unspecified atom stereocenters. The van der Waals surface area contributed by atoms with E-state index in [4.69, 9.17) is 0 Å². The number of carbonyl (C=O) groups is 1. The number of allylic oxidation sites excluding steroid dienone is 2. The normalized spacial score (nSPS) is 26.4. The summed E-state index contributed by atoms with van der Waals surface area (Å²) in [6.07, 6.45) is 5.95. The number of hydrogen-bond donors (Lipinski definition) is 3. The molecular formula is C23H34O4. The van der Waals surface area contributed by atoms with Crippen LogP contribution in [0.3, 0.4) is 0 Å². The zero-order chi connectivity index (χ0) is 20.4. The first kappa shape index (κ1) is 21.5. The molecule has 0 aromatic heterocycles. The Bertz CT molecular complexity index is 734. The van der Waals surface area contributed by atoms with Crippen LogP contribution in [0.15, 0.2) is 17.7 Å². The molecule has 27 heavy (non-hydrogen) atoms. The molecule has 0 bridgehead atoms. The first-order chi connectivity index (χ1) is 12.6. The van der Waals surface area contributed by atoms with E-state index in [2.05, 4.69) is 27.7 Å². The number of aromatic hydroxyl groups is 2.